The number of carbonyl (C=O) groups excluding carboxylic acids is 1. The highest BCUT2D eigenvalue weighted by Crippen LogP contribution is 2.25. The number of nitrogens with zero attached hydrogens (tertiary/aromatic N) is 2. The number of carbonyl (C=O) groups is 1. The summed E-state index contributed by atoms with van der Waals surface area (Å²) in [6.45, 7) is 7.96. The topological polar surface area (TPSA) is 79.0 Å². The van der Waals surface area contributed by atoms with Crippen molar-refractivity contribution in [2.45, 2.75) is 24.8 Å². The van der Waals surface area contributed by atoms with Gasteiger partial charge in [0.2, 0.25) is 10.0 Å². The van der Waals surface area contributed by atoms with Crippen molar-refractivity contribution in [2.24, 2.45) is 0 Å². The van der Waals surface area contributed by atoms with Gasteiger partial charge in [-0.2, -0.15) is 4.31 Å². The van der Waals surface area contributed by atoms with Crippen molar-refractivity contribution in [1.29, 1.82) is 0 Å². The van der Waals surface area contributed by atoms with E-state index in [1.54, 1.807) is 37.3 Å². The summed E-state index contributed by atoms with van der Waals surface area (Å²) in [5.74, 6) is -0.211. The zero-order valence-electron chi connectivity index (χ0n) is 17.4. The number of thiophene rings is 1. The molecule has 7 nitrogen and oxygen atoms in total. The van der Waals surface area contributed by atoms with Gasteiger partial charge in [0.25, 0.3) is 5.91 Å². The fraction of sp³-hybridized carbons (Fsp3) is 0.476. The molecule has 1 fully saturated rings. The first kappa shape index (κ1) is 22.9. The summed E-state index contributed by atoms with van der Waals surface area (Å²) in [6, 6.07) is 10.3. The van der Waals surface area contributed by atoms with Crippen LogP contribution in [0.1, 0.15) is 35.1 Å². The molecule has 1 amide bonds. The number of morpholine rings is 1. The van der Waals surface area contributed by atoms with E-state index in [0.717, 1.165) is 13.1 Å². The van der Waals surface area contributed by atoms with Crippen LogP contribution in [0.3, 0.4) is 0 Å². The zero-order chi connectivity index (χ0) is 21.6. The number of hydrogen-bond donors (Lipinski definition) is 1. The van der Waals surface area contributed by atoms with Gasteiger partial charge in [0.15, 0.2) is 0 Å². The standard InChI is InChI=1S/C21H29N3O4S2/c1-3-24(4-2)30(26,27)18-9-7-17(8-10-18)21(25)22-16-19(20-6-5-15-29-20)23-11-13-28-14-12-23/h5-10,15,19H,3-4,11-14,16H2,1-2H3,(H,22,25)/t19-/m1/s1. The van der Waals surface area contributed by atoms with Crippen LogP contribution in [-0.4, -0.2) is 69.5 Å². The Balaban J connectivity index is 1.67. The number of hydrogen-bond acceptors (Lipinski definition) is 6. The average Bonchev–Trinajstić information content (AvgIpc) is 3.30. The molecule has 30 heavy (non-hydrogen) atoms. The minimum Gasteiger partial charge on any atom is -0.379 e. The Morgan fingerprint density at radius 1 is 1.17 bits per heavy atom. The molecule has 0 saturated carbocycles. The largest absolute Gasteiger partial charge is 0.379 e. The maximum absolute atomic E-state index is 12.7. The Labute approximate surface area is 182 Å². The molecule has 0 unspecified atom stereocenters. The number of sulfonamides is 1. The highest BCUT2D eigenvalue weighted by atomic mass is 32.2. The average molecular weight is 452 g/mol. The molecule has 1 aliphatic rings. The lowest BCUT2D eigenvalue weighted by atomic mass is 10.1. The maximum Gasteiger partial charge on any atom is 0.251 e. The van der Waals surface area contributed by atoms with Gasteiger partial charge in [-0.1, -0.05) is 19.9 Å². The summed E-state index contributed by atoms with van der Waals surface area (Å²) < 4.78 is 32.1. The van der Waals surface area contributed by atoms with Crippen molar-refractivity contribution in [2.75, 3.05) is 45.9 Å². The normalized spacial score (nSPS) is 16.5. The molecule has 1 aliphatic heterocycles. The molecule has 2 aromatic rings. The van der Waals surface area contributed by atoms with Gasteiger partial charge in [-0.25, -0.2) is 8.42 Å². The van der Waals surface area contributed by atoms with Crippen molar-refractivity contribution in [3.8, 4) is 0 Å². The molecule has 0 spiro atoms. The number of rotatable bonds is 9. The Morgan fingerprint density at radius 3 is 2.40 bits per heavy atom. The van der Waals surface area contributed by atoms with Crippen LogP contribution in [0.25, 0.3) is 0 Å². The molecule has 0 bridgehead atoms. The first-order valence-corrected chi connectivity index (χ1v) is 12.5. The minimum atomic E-state index is -3.53. The van der Waals surface area contributed by atoms with Crippen molar-refractivity contribution < 1.29 is 17.9 Å². The number of nitrogens with one attached hydrogen (secondary N) is 1. The van der Waals surface area contributed by atoms with Gasteiger partial charge >= 0.3 is 0 Å². The fourth-order valence-corrected chi connectivity index (χ4v) is 5.88. The van der Waals surface area contributed by atoms with Gasteiger partial charge in [0.1, 0.15) is 0 Å². The van der Waals surface area contributed by atoms with Gasteiger partial charge in [-0.05, 0) is 35.7 Å². The van der Waals surface area contributed by atoms with Crippen molar-refractivity contribution >= 4 is 27.3 Å². The van der Waals surface area contributed by atoms with Gasteiger partial charge < -0.3 is 10.1 Å². The third-order valence-corrected chi connectivity index (χ3v) is 8.31. The van der Waals surface area contributed by atoms with Crippen molar-refractivity contribution in [3.05, 3.63) is 52.2 Å². The van der Waals surface area contributed by atoms with Crippen LogP contribution in [0.2, 0.25) is 0 Å². The second kappa shape index (κ2) is 10.5. The lowest BCUT2D eigenvalue weighted by Crippen LogP contribution is -2.43. The molecule has 3 rings (SSSR count). The van der Waals surface area contributed by atoms with E-state index < -0.39 is 10.0 Å². The van der Waals surface area contributed by atoms with E-state index in [4.69, 9.17) is 4.74 Å². The molecular formula is C21H29N3O4S2. The second-order valence-corrected chi connectivity index (χ2v) is 9.92. The maximum atomic E-state index is 12.7. The second-order valence-electron chi connectivity index (χ2n) is 7.00. The summed E-state index contributed by atoms with van der Waals surface area (Å²) in [5.41, 5.74) is 0.445. The van der Waals surface area contributed by atoms with E-state index >= 15 is 0 Å². The Hall–Kier alpha value is -1.78. The van der Waals surface area contributed by atoms with Crippen LogP contribution in [-0.2, 0) is 14.8 Å². The summed E-state index contributed by atoms with van der Waals surface area (Å²) in [5, 5.41) is 5.05. The number of ether oxygens (including phenoxy) is 1. The molecule has 9 heteroatoms. The van der Waals surface area contributed by atoms with E-state index in [0.29, 0.717) is 38.4 Å². The first-order chi connectivity index (χ1) is 14.5. The first-order valence-electron chi connectivity index (χ1n) is 10.2. The molecule has 0 radical (unpaired) electrons. The predicted molar refractivity (Wildman–Crippen MR) is 118 cm³/mol. The summed E-state index contributed by atoms with van der Waals surface area (Å²) in [4.78, 5) is 16.4. The van der Waals surface area contributed by atoms with Crippen molar-refractivity contribution in [3.63, 3.8) is 0 Å². The quantitative estimate of drug-likeness (QED) is 0.634. The van der Waals surface area contributed by atoms with Gasteiger partial charge in [0.05, 0.1) is 24.2 Å². The molecule has 2 heterocycles. The van der Waals surface area contributed by atoms with E-state index in [-0.39, 0.29) is 16.8 Å². The SMILES string of the molecule is CCN(CC)S(=O)(=O)c1ccc(C(=O)NC[C@H](c2cccs2)N2CCOCC2)cc1. The highest BCUT2D eigenvalue weighted by Gasteiger charge is 2.25. The highest BCUT2D eigenvalue weighted by molar-refractivity contribution is 7.89. The lowest BCUT2D eigenvalue weighted by molar-refractivity contribution is 0.0169. The lowest BCUT2D eigenvalue weighted by Gasteiger charge is -2.34. The molecule has 164 valence electrons. The third-order valence-electron chi connectivity index (χ3n) is 5.27. The molecule has 1 aromatic heterocycles. The van der Waals surface area contributed by atoms with E-state index in [9.17, 15) is 13.2 Å². The Morgan fingerprint density at radius 2 is 1.83 bits per heavy atom. The van der Waals surface area contributed by atoms with Crippen molar-refractivity contribution in [1.82, 2.24) is 14.5 Å². The molecule has 1 aromatic carbocycles. The van der Waals surface area contributed by atoms with Crippen LogP contribution in [0, 0.1) is 0 Å². The molecular weight excluding hydrogens is 422 g/mol. The fourth-order valence-electron chi connectivity index (χ4n) is 3.56. The van der Waals surface area contributed by atoms with Crippen LogP contribution < -0.4 is 5.32 Å². The zero-order valence-corrected chi connectivity index (χ0v) is 19.0. The molecule has 1 N–H and O–H groups in total. The van der Waals surface area contributed by atoms with E-state index in [2.05, 4.69) is 16.3 Å². The van der Waals surface area contributed by atoms with Crippen LogP contribution in [0.4, 0.5) is 0 Å². The summed E-state index contributed by atoms with van der Waals surface area (Å²) in [7, 11) is -3.53. The minimum absolute atomic E-state index is 0.0974. The molecule has 1 atom stereocenters. The summed E-state index contributed by atoms with van der Waals surface area (Å²) in [6.07, 6.45) is 0. The van der Waals surface area contributed by atoms with Crippen LogP contribution in [0.15, 0.2) is 46.7 Å². The smallest absolute Gasteiger partial charge is 0.251 e. The number of amides is 1. The number of benzene rings is 1. The van der Waals surface area contributed by atoms with E-state index in [1.807, 2.05) is 11.4 Å². The predicted octanol–water partition coefficient (Wildman–Crippen LogP) is 2.58. The van der Waals surface area contributed by atoms with Gasteiger partial charge in [-0.3, -0.25) is 9.69 Å². The van der Waals surface area contributed by atoms with Crippen LogP contribution >= 0.6 is 11.3 Å². The van der Waals surface area contributed by atoms with Crippen LogP contribution in [0.5, 0.6) is 0 Å². The monoisotopic (exact) mass is 451 g/mol. The van der Waals surface area contributed by atoms with E-state index in [1.165, 1.54) is 21.3 Å². The molecule has 0 aliphatic carbocycles. The van der Waals surface area contributed by atoms with Gasteiger partial charge in [-0.15, -0.1) is 11.3 Å². The Kier molecular flexibility index (Phi) is 8.01. The molecule has 1 saturated heterocycles. The van der Waals surface area contributed by atoms with Gasteiger partial charge in [0, 0.05) is 43.2 Å². The third kappa shape index (κ3) is 5.28. The Bertz CT molecular complexity index is 904. The summed E-state index contributed by atoms with van der Waals surface area (Å²) >= 11 is 1.68.